The van der Waals surface area contributed by atoms with Gasteiger partial charge in [0.2, 0.25) is 0 Å². The van der Waals surface area contributed by atoms with Crippen LogP contribution in [0.4, 0.5) is 0 Å². The van der Waals surface area contributed by atoms with Gasteiger partial charge >= 0.3 is 0 Å². The van der Waals surface area contributed by atoms with Crippen molar-refractivity contribution in [3.8, 4) is 12.1 Å². The Balaban J connectivity index is 2.11. The van der Waals surface area contributed by atoms with Gasteiger partial charge in [-0.05, 0) is 36.0 Å². The maximum atomic E-state index is 8.80. The molecule has 1 saturated carbocycles. The summed E-state index contributed by atoms with van der Waals surface area (Å²) in [5, 5.41) is 17.6. The molecule has 2 nitrogen and oxygen atoms in total. The Morgan fingerprint density at radius 3 is 2.29 bits per heavy atom. The molecule has 0 N–H and O–H groups in total. The largest absolute Gasteiger partial charge is 0.192 e. The molecule has 0 aromatic rings. The van der Waals surface area contributed by atoms with E-state index in [4.69, 9.17) is 10.5 Å². The van der Waals surface area contributed by atoms with Crippen LogP contribution in [0.3, 0.4) is 0 Å². The van der Waals surface area contributed by atoms with Gasteiger partial charge in [0, 0.05) is 0 Å². The van der Waals surface area contributed by atoms with Crippen LogP contribution in [-0.4, -0.2) is 0 Å². The first-order valence-electron chi connectivity index (χ1n) is 7.62. The molecule has 0 saturated heterocycles. The molecule has 0 aliphatic heterocycles. The van der Waals surface area contributed by atoms with Gasteiger partial charge in [0.1, 0.15) is 17.7 Å². The van der Waals surface area contributed by atoms with Crippen LogP contribution in [0.25, 0.3) is 0 Å². The molecule has 106 valence electrons. The number of nitrogens with zero attached hydrogens (tertiary/aromatic N) is 2. The van der Waals surface area contributed by atoms with E-state index in [-0.39, 0.29) is 5.57 Å². The second kappa shape index (κ2) is 8.08. The van der Waals surface area contributed by atoms with E-state index in [0.29, 0.717) is 5.92 Å². The second-order valence-corrected chi connectivity index (χ2v) is 5.52. The summed E-state index contributed by atoms with van der Waals surface area (Å²) in [5.41, 5.74) is 2.40. The van der Waals surface area contributed by atoms with E-state index >= 15 is 0 Å². The predicted octanol–water partition coefficient (Wildman–Crippen LogP) is 4.91. The molecule has 0 spiro atoms. The zero-order valence-corrected chi connectivity index (χ0v) is 12.3. The quantitative estimate of drug-likeness (QED) is 0.531. The Kier molecular flexibility index (Phi) is 5.80. The summed E-state index contributed by atoms with van der Waals surface area (Å²) in [7, 11) is 0. The summed E-state index contributed by atoms with van der Waals surface area (Å²) >= 11 is 0. The zero-order chi connectivity index (χ0) is 14.9. The van der Waals surface area contributed by atoms with Crippen molar-refractivity contribution in [2.24, 2.45) is 5.92 Å². The fourth-order valence-electron chi connectivity index (χ4n) is 2.89. The van der Waals surface area contributed by atoms with Crippen LogP contribution in [0.15, 0.2) is 59.3 Å². The molecule has 2 aliphatic carbocycles. The third-order valence-electron chi connectivity index (χ3n) is 4.03. The number of hydrogen-bond donors (Lipinski definition) is 0. The average Bonchev–Trinajstić information content (AvgIpc) is 2.75. The molecular weight excluding hydrogens is 256 g/mol. The van der Waals surface area contributed by atoms with E-state index in [2.05, 4.69) is 12.2 Å². The summed E-state index contributed by atoms with van der Waals surface area (Å²) in [6, 6.07) is 3.78. The van der Waals surface area contributed by atoms with Gasteiger partial charge in [0.05, 0.1) is 0 Å². The van der Waals surface area contributed by atoms with Crippen LogP contribution in [0, 0.1) is 28.6 Å². The molecule has 2 rings (SSSR count). The van der Waals surface area contributed by atoms with E-state index in [1.807, 2.05) is 36.4 Å². The minimum absolute atomic E-state index is 0.132. The SMILES string of the molecule is N#CC(C#N)=CC1=C/C=C\C(C2CCCCCC2)=C/C=C\1. The van der Waals surface area contributed by atoms with Crippen LogP contribution in [-0.2, 0) is 0 Å². The molecule has 0 atom stereocenters. The highest BCUT2D eigenvalue weighted by Gasteiger charge is 2.14. The van der Waals surface area contributed by atoms with Crippen LogP contribution in [0.1, 0.15) is 38.5 Å². The Labute approximate surface area is 127 Å². The maximum Gasteiger partial charge on any atom is 0.130 e. The summed E-state index contributed by atoms with van der Waals surface area (Å²) in [6.45, 7) is 0. The van der Waals surface area contributed by atoms with Gasteiger partial charge in [0.15, 0.2) is 0 Å². The Morgan fingerprint density at radius 1 is 0.952 bits per heavy atom. The molecule has 0 radical (unpaired) electrons. The number of hydrogen-bond acceptors (Lipinski definition) is 2. The highest BCUT2D eigenvalue weighted by atomic mass is 14.3. The topological polar surface area (TPSA) is 47.6 Å². The third-order valence-corrected chi connectivity index (χ3v) is 4.03. The van der Waals surface area contributed by atoms with Gasteiger partial charge in [0.25, 0.3) is 0 Å². The lowest BCUT2D eigenvalue weighted by Crippen LogP contribution is -2.01. The lowest BCUT2D eigenvalue weighted by molar-refractivity contribution is 0.540. The third kappa shape index (κ3) is 4.62. The first kappa shape index (κ1) is 15.1. The van der Waals surface area contributed by atoms with Crippen molar-refractivity contribution in [2.45, 2.75) is 38.5 Å². The van der Waals surface area contributed by atoms with Gasteiger partial charge in [-0.1, -0.05) is 62.1 Å². The highest BCUT2D eigenvalue weighted by Crippen LogP contribution is 2.30. The Hall–Kier alpha value is -2.32. The molecule has 2 heteroatoms. The van der Waals surface area contributed by atoms with E-state index in [1.54, 1.807) is 6.08 Å². The van der Waals surface area contributed by atoms with E-state index in [0.717, 1.165) is 5.57 Å². The van der Waals surface area contributed by atoms with Crippen molar-refractivity contribution >= 4 is 0 Å². The van der Waals surface area contributed by atoms with Gasteiger partial charge < -0.3 is 0 Å². The summed E-state index contributed by atoms with van der Waals surface area (Å²) in [4.78, 5) is 0. The lowest BCUT2D eigenvalue weighted by Gasteiger charge is -2.15. The maximum absolute atomic E-state index is 8.80. The molecule has 1 fully saturated rings. The van der Waals surface area contributed by atoms with Gasteiger partial charge in [-0.3, -0.25) is 0 Å². The summed E-state index contributed by atoms with van der Waals surface area (Å²) in [5.74, 6) is 0.674. The monoisotopic (exact) mass is 276 g/mol. The zero-order valence-electron chi connectivity index (χ0n) is 12.3. The molecule has 0 bridgehead atoms. The smallest absolute Gasteiger partial charge is 0.130 e. The lowest BCUT2D eigenvalue weighted by atomic mass is 9.90. The highest BCUT2D eigenvalue weighted by molar-refractivity contribution is 5.48. The molecule has 0 aromatic heterocycles. The first-order chi connectivity index (χ1) is 10.3. The minimum atomic E-state index is 0.132. The van der Waals surface area contributed by atoms with Crippen LogP contribution >= 0.6 is 0 Å². The van der Waals surface area contributed by atoms with Crippen LogP contribution < -0.4 is 0 Å². The van der Waals surface area contributed by atoms with Crippen molar-refractivity contribution in [1.82, 2.24) is 0 Å². The molecule has 0 heterocycles. The van der Waals surface area contributed by atoms with Crippen molar-refractivity contribution in [3.05, 3.63) is 59.3 Å². The van der Waals surface area contributed by atoms with E-state index in [9.17, 15) is 0 Å². The summed E-state index contributed by atoms with van der Waals surface area (Å²) in [6.07, 6.45) is 21.9. The fourth-order valence-corrected chi connectivity index (χ4v) is 2.89. The minimum Gasteiger partial charge on any atom is -0.192 e. The molecule has 2 aliphatic rings. The molecular formula is C19H20N2. The van der Waals surface area contributed by atoms with Crippen LogP contribution in [0.5, 0.6) is 0 Å². The van der Waals surface area contributed by atoms with Gasteiger partial charge in [-0.25, -0.2) is 0 Å². The average molecular weight is 276 g/mol. The van der Waals surface area contributed by atoms with Crippen molar-refractivity contribution < 1.29 is 0 Å². The predicted molar refractivity (Wildman–Crippen MR) is 84.9 cm³/mol. The van der Waals surface area contributed by atoms with E-state index in [1.165, 1.54) is 44.1 Å². The fraction of sp³-hybridized carbons (Fsp3) is 0.368. The summed E-state index contributed by atoms with van der Waals surface area (Å²) < 4.78 is 0. The van der Waals surface area contributed by atoms with Crippen molar-refractivity contribution in [2.75, 3.05) is 0 Å². The molecule has 21 heavy (non-hydrogen) atoms. The molecule has 0 aromatic carbocycles. The standard InChI is InChI=1S/C19H20N2/c20-14-17(15-21)13-16-7-5-11-19(12-6-8-16)18-9-3-1-2-4-10-18/h5-8,11-13,18H,1-4,9-10H2/b7-5-,8-6?,11-5?,12-6-,16-7?,16-8+,19-11+,19-12?. The number of allylic oxidation sites excluding steroid dienone is 10. The normalized spacial score (nSPS) is 27.1. The van der Waals surface area contributed by atoms with Crippen LogP contribution in [0.2, 0.25) is 0 Å². The Bertz CT molecular complexity index is 576. The van der Waals surface area contributed by atoms with Gasteiger partial charge in [-0.15, -0.1) is 0 Å². The molecule has 0 amide bonds. The van der Waals surface area contributed by atoms with Crippen molar-refractivity contribution in [3.63, 3.8) is 0 Å². The first-order valence-corrected chi connectivity index (χ1v) is 7.62. The molecule has 0 unspecified atom stereocenters. The number of nitriles is 2. The van der Waals surface area contributed by atoms with Crippen molar-refractivity contribution in [1.29, 1.82) is 10.5 Å². The van der Waals surface area contributed by atoms with E-state index < -0.39 is 0 Å². The second-order valence-electron chi connectivity index (χ2n) is 5.52. The number of rotatable bonds is 2. The van der Waals surface area contributed by atoms with Gasteiger partial charge in [-0.2, -0.15) is 10.5 Å². The Morgan fingerprint density at radius 2 is 1.62 bits per heavy atom.